The van der Waals surface area contributed by atoms with E-state index in [1.165, 1.54) is 11.3 Å². The van der Waals surface area contributed by atoms with Crippen molar-refractivity contribution in [1.29, 1.82) is 0 Å². The largest absolute Gasteiger partial charge is 0.493 e. The number of thiazole rings is 1. The minimum absolute atomic E-state index is 0.352. The monoisotopic (exact) mass is 293 g/mol. The van der Waals surface area contributed by atoms with E-state index in [-0.39, 0.29) is 6.03 Å². The van der Waals surface area contributed by atoms with E-state index in [0.29, 0.717) is 22.3 Å². The van der Waals surface area contributed by atoms with E-state index in [4.69, 9.17) is 9.47 Å². The number of ether oxygens (including phenoxy) is 2. The number of hydrogen-bond acceptors (Lipinski definition) is 5. The number of nitrogens with zero attached hydrogens (tertiary/aromatic N) is 1. The van der Waals surface area contributed by atoms with Crippen LogP contribution in [-0.2, 0) is 0 Å². The predicted octanol–water partition coefficient (Wildman–Crippen LogP) is 3.11. The van der Waals surface area contributed by atoms with Gasteiger partial charge in [0.05, 0.1) is 14.2 Å². The minimum atomic E-state index is -0.352. The lowest BCUT2D eigenvalue weighted by Gasteiger charge is -2.13. The van der Waals surface area contributed by atoms with Crippen molar-refractivity contribution in [3.05, 3.63) is 29.3 Å². The van der Waals surface area contributed by atoms with Gasteiger partial charge in [-0.3, -0.25) is 5.32 Å². The normalized spacial score (nSPS) is 9.95. The first-order valence-electron chi connectivity index (χ1n) is 5.84. The Morgan fingerprint density at radius 3 is 2.50 bits per heavy atom. The quantitative estimate of drug-likeness (QED) is 0.908. The van der Waals surface area contributed by atoms with E-state index in [9.17, 15) is 4.79 Å². The number of carbonyl (C=O) groups excluding carboxylic acids is 1. The van der Waals surface area contributed by atoms with Crippen LogP contribution in [0.2, 0.25) is 0 Å². The van der Waals surface area contributed by atoms with Crippen LogP contribution in [0.15, 0.2) is 23.7 Å². The molecule has 0 fully saturated rings. The Morgan fingerprint density at radius 2 is 1.90 bits per heavy atom. The lowest BCUT2D eigenvalue weighted by molar-refractivity contribution is 0.262. The second-order valence-corrected chi connectivity index (χ2v) is 4.83. The number of benzene rings is 1. The van der Waals surface area contributed by atoms with E-state index in [1.54, 1.807) is 37.9 Å². The zero-order chi connectivity index (χ0) is 14.5. The van der Waals surface area contributed by atoms with Gasteiger partial charge in [-0.2, -0.15) is 0 Å². The molecule has 0 saturated carbocycles. The fraction of sp³-hybridized carbons (Fsp3) is 0.231. The topological polar surface area (TPSA) is 72.5 Å². The van der Waals surface area contributed by atoms with Crippen molar-refractivity contribution in [1.82, 2.24) is 4.98 Å². The Kier molecular flexibility index (Phi) is 4.41. The number of rotatable bonds is 4. The van der Waals surface area contributed by atoms with Gasteiger partial charge in [0, 0.05) is 23.3 Å². The molecule has 6 nitrogen and oxygen atoms in total. The molecule has 2 rings (SSSR count). The maximum absolute atomic E-state index is 11.9. The molecule has 2 N–H and O–H groups in total. The second kappa shape index (κ2) is 6.25. The zero-order valence-electron chi connectivity index (χ0n) is 11.4. The van der Waals surface area contributed by atoms with Gasteiger partial charge >= 0.3 is 6.03 Å². The van der Waals surface area contributed by atoms with E-state index in [2.05, 4.69) is 15.6 Å². The van der Waals surface area contributed by atoms with Crippen LogP contribution in [0.4, 0.5) is 15.6 Å². The SMILES string of the molecule is COc1cc(C)c(NC(=O)Nc2nccs2)cc1OC. The lowest BCUT2D eigenvalue weighted by atomic mass is 10.1. The van der Waals surface area contributed by atoms with Crippen molar-refractivity contribution in [2.24, 2.45) is 0 Å². The molecule has 0 aliphatic carbocycles. The van der Waals surface area contributed by atoms with E-state index < -0.39 is 0 Å². The lowest BCUT2D eigenvalue weighted by Crippen LogP contribution is -2.19. The number of anilines is 2. The second-order valence-electron chi connectivity index (χ2n) is 3.94. The zero-order valence-corrected chi connectivity index (χ0v) is 12.2. The molecule has 106 valence electrons. The third-order valence-corrected chi connectivity index (χ3v) is 3.32. The van der Waals surface area contributed by atoms with Crippen molar-refractivity contribution in [3.63, 3.8) is 0 Å². The summed E-state index contributed by atoms with van der Waals surface area (Å²) in [5.74, 6) is 1.18. The van der Waals surface area contributed by atoms with E-state index >= 15 is 0 Å². The number of nitrogens with one attached hydrogen (secondary N) is 2. The van der Waals surface area contributed by atoms with Crippen molar-refractivity contribution in [3.8, 4) is 11.5 Å². The van der Waals surface area contributed by atoms with Crippen molar-refractivity contribution < 1.29 is 14.3 Å². The Bertz CT molecular complexity index is 599. The molecule has 0 aliphatic rings. The van der Waals surface area contributed by atoms with Crippen molar-refractivity contribution in [2.45, 2.75) is 6.92 Å². The maximum Gasteiger partial charge on any atom is 0.325 e. The third-order valence-electron chi connectivity index (χ3n) is 2.63. The van der Waals surface area contributed by atoms with Crippen molar-refractivity contribution >= 4 is 28.2 Å². The van der Waals surface area contributed by atoms with Crippen molar-refractivity contribution in [2.75, 3.05) is 24.9 Å². The Morgan fingerprint density at radius 1 is 1.20 bits per heavy atom. The first-order valence-corrected chi connectivity index (χ1v) is 6.72. The van der Waals surface area contributed by atoms with Gasteiger partial charge in [-0.25, -0.2) is 9.78 Å². The average molecular weight is 293 g/mol. The molecule has 1 aromatic heterocycles. The van der Waals surface area contributed by atoms with Gasteiger partial charge in [-0.05, 0) is 18.6 Å². The number of aryl methyl sites for hydroxylation is 1. The molecular weight excluding hydrogens is 278 g/mol. The summed E-state index contributed by atoms with van der Waals surface area (Å²) < 4.78 is 10.4. The Labute approximate surface area is 120 Å². The smallest absolute Gasteiger partial charge is 0.325 e. The fourth-order valence-corrected chi connectivity index (χ4v) is 2.18. The summed E-state index contributed by atoms with van der Waals surface area (Å²) in [5, 5.41) is 7.74. The fourth-order valence-electron chi connectivity index (χ4n) is 1.65. The molecule has 0 saturated heterocycles. The van der Waals surface area contributed by atoms with Gasteiger partial charge in [0.25, 0.3) is 0 Å². The number of urea groups is 1. The number of carbonyl (C=O) groups is 1. The first-order chi connectivity index (χ1) is 9.63. The number of amides is 2. The van der Waals surface area contributed by atoms with Crippen LogP contribution in [-0.4, -0.2) is 25.2 Å². The summed E-state index contributed by atoms with van der Waals surface area (Å²) in [6.07, 6.45) is 1.63. The van der Waals surface area contributed by atoms with Gasteiger partial charge in [0.15, 0.2) is 16.6 Å². The van der Waals surface area contributed by atoms with Crippen LogP contribution in [0.25, 0.3) is 0 Å². The highest BCUT2D eigenvalue weighted by Gasteiger charge is 2.11. The Balaban J connectivity index is 2.14. The molecule has 2 amide bonds. The van der Waals surface area contributed by atoms with Crippen LogP contribution >= 0.6 is 11.3 Å². The maximum atomic E-state index is 11.9. The third kappa shape index (κ3) is 3.18. The Hall–Kier alpha value is -2.28. The van der Waals surface area contributed by atoms with Gasteiger partial charge in [0.1, 0.15) is 0 Å². The van der Waals surface area contributed by atoms with Gasteiger partial charge < -0.3 is 14.8 Å². The summed E-state index contributed by atoms with van der Waals surface area (Å²) in [7, 11) is 3.12. The summed E-state index contributed by atoms with van der Waals surface area (Å²) in [6.45, 7) is 1.88. The van der Waals surface area contributed by atoms with Gasteiger partial charge in [-0.15, -0.1) is 11.3 Å². The average Bonchev–Trinajstić information content (AvgIpc) is 2.93. The molecule has 0 aliphatic heterocycles. The standard InChI is InChI=1S/C13H15N3O3S/c1-8-6-10(18-2)11(19-3)7-9(8)15-12(17)16-13-14-4-5-20-13/h4-7H,1-3H3,(H2,14,15,16,17). The molecule has 7 heteroatoms. The van der Waals surface area contributed by atoms with Crippen LogP contribution in [0, 0.1) is 6.92 Å². The summed E-state index contributed by atoms with van der Waals surface area (Å²) in [6, 6.07) is 3.17. The number of aromatic nitrogens is 1. The highest BCUT2D eigenvalue weighted by atomic mass is 32.1. The minimum Gasteiger partial charge on any atom is -0.493 e. The molecule has 1 aromatic carbocycles. The van der Waals surface area contributed by atoms with Gasteiger partial charge in [0.2, 0.25) is 0 Å². The van der Waals surface area contributed by atoms with Crippen LogP contribution < -0.4 is 20.1 Å². The molecule has 0 radical (unpaired) electrons. The highest BCUT2D eigenvalue weighted by molar-refractivity contribution is 7.13. The number of methoxy groups -OCH3 is 2. The van der Waals surface area contributed by atoms with Crippen LogP contribution in [0.3, 0.4) is 0 Å². The molecule has 20 heavy (non-hydrogen) atoms. The first kappa shape index (κ1) is 14.1. The molecule has 0 atom stereocenters. The molecule has 0 spiro atoms. The predicted molar refractivity (Wildman–Crippen MR) is 79.0 cm³/mol. The van der Waals surface area contributed by atoms with Gasteiger partial charge in [-0.1, -0.05) is 0 Å². The summed E-state index contributed by atoms with van der Waals surface area (Å²) in [5.41, 5.74) is 1.52. The number of hydrogen-bond donors (Lipinski definition) is 2. The molecular formula is C13H15N3O3S. The molecule has 0 unspecified atom stereocenters. The van der Waals surface area contributed by atoms with Crippen LogP contribution in [0.1, 0.15) is 5.56 Å². The summed E-state index contributed by atoms with van der Waals surface area (Å²) >= 11 is 1.35. The summed E-state index contributed by atoms with van der Waals surface area (Å²) in [4.78, 5) is 15.8. The van der Waals surface area contributed by atoms with Crippen LogP contribution in [0.5, 0.6) is 11.5 Å². The molecule has 1 heterocycles. The van der Waals surface area contributed by atoms with E-state index in [1.807, 2.05) is 6.92 Å². The highest BCUT2D eigenvalue weighted by Crippen LogP contribution is 2.32. The van der Waals surface area contributed by atoms with E-state index in [0.717, 1.165) is 5.56 Å². The molecule has 2 aromatic rings. The molecule has 0 bridgehead atoms.